The van der Waals surface area contributed by atoms with E-state index in [1.165, 1.54) is 0 Å². The molecule has 0 aromatic heterocycles. The molecule has 4 aromatic rings. The molecule has 1 N–H and O–H groups in total. The molecule has 1 amide bonds. The van der Waals surface area contributed by atoms with Gasteiger partial charge < -0.3 is 14.8 Å². The van der Waals surface area contributed by atoms with E-state index < -0.39 is 0 Å². The summed E-state index contributed by atoms with van der Waals surface area (Å²) in [5.41, 5.74) is 4.30. The van der Waals surface area contributed by atoms with Crippen LogP contribution in [0.5, 0.6) is 11.5 Å². The van der Waals surface area contributed by atoms with Gasteiger partial charge in [0.1, 0.15) is 18.1 Å². The maximum absolute atomic E-state index is 13.4. The number of halogens is 1. The van der Waals surface area contributed by atoms with Crippen LogP contribution < -0.4 is 14.8 Å². The van der Waals surface area contributed by atoms with Gasteiger partial charge in [-0.2, -0.15) is 0 Å². The van der Waals surface area contributed by atoms with E-state index in [-0.39, 0.29) is 18.6 Å². The Hall–Kier alpha value is -3.76. The van der Waals surface area contributed by atoms with Crippen LogP contribution in [-0.2, 0) is 6.61 Å². The lowest BCUT2D eigenvalue weighted by atomic mass is 9.98. The van der Waals surface area contributed by atoms with Gasteiger partial charge in [0.2, 0.25) is 0 Å². The fourth-order valence-electron chi connectivity index (χ4n) is 3.86. The number of aryl methyl sites for hydroxylation is 1. The van der Waals surface area contributed by atoms with Gasteiger partial charge in [-0.3, -0.25) is 4.79 Å². The van der Waals surface area contributed by atoms with Crippen molar-refractivity contribution < 1.29 is 14.3 Å². The highest BCUT2D eigenvalue weighted by molar-refractivity contribution is 6.31. The van der Waals surface area contributed by atoms with E-state index in [2.05, 4.69) is 5.32 Å². The van der Waals surface area contributed by atoms with Crippen molar-refractivity contribution in [2.24, 2.45) is 0 Å². The average Bonchev–Trinajstić information content (AvgIpc) is 2.89. The Morgan fingerprint density at radius 3 is 2.11 bits per heavy atom. The van der Waals surface area contributed by atoms with Crippen LogP contribution >= 0.6 is 11.6 Å². The third-order valence-corrected chi connectivity index (χ3v) is 6.11. The summed E-state index contributed by atoms with van der Waals surface area (Å²) in [7, 11) is 0. The Bertz CT molecular complexity index is 1240. The standard InChI is InChI=1S/C30H28ClNO3/c1-3-34-28-17-14-24(19-25(28)20-35-26-15-16-27(31)21(2)18-26)30(33)32-29(22-10-6-4-7-11-22)23-12-8-5-9-13-23/h4-19,29H,3,20H2,1-2H3,(H,32,33). The van der Waals surface area contributed by atoms with E-state index in [1.807, 2.05) is 105 Å². The predicted octanol–water partition coefficient (Wildman–Crippen LogP) is 7.15. The molecule has 0 atom stereocenters. The molecule has 5 heteroatoms. The van der Waals surface area contributed by atoms with Crippen molar-refractivity contribution >= 4 is 17.5 Å². The minimum Gasteiger partial charge on any atom is -0.493 e. The van der Waals surface area contributed by atoms with Gasteiger partial charge in [-0.1, -0.05) is 72.3 Å². The third-order valence-electron chi connectivity index (χ3n) is 5.69. The molecule has 178 valence electrons. The molecule has 0 fully saturated rings. The zero-order valence-corrected chi connectivity index (χ0v) is 20.6. The summed E-state index contributed by atoms with van der Waals surface area (Å²) in [6, 6.07) is 30.6. The largest absolute Gasteiger partial charge is 0.493 e. The van der Waals surface area contributed by atoms with Crippen molar-refractivity contribution in [2.75, 3.05) is 6.61 Å². The second-order valence-electron chi connectivity index (χ2n) is 8.18. The SMILES string of the molecule is CCOc1ccc(C(=O)NC(c2ccccc2)c2ccccc2)cc1COc1ccc(Cl)c(C)c1. The molecule has 0 saturated carbocycles. The maximum Gasteiger partial charge on any atom is 0.252 e. The summed E-state index contributed by atoms with van der Waals surface area (Å²) >= 11 is 6.13. The lowest BCUT2D eigenvalue weighted by Gasteiger charge is -2.20. The lowest BCUT2D eigenvalue weighted by Crippen LogP contribution is -2.29. The number of rotatable bonds is 9. The van der Waals surface area contributed by atoms with Crippen molar-refractivity contribution in [2.45, 2.75) is 26.5 Å². The number of benzene rings is 4. The van der Waals surface area contributed by atoms with Crippen molar-refractivity contribution in [1.82, 2.24) is 5.32 Å². The first kappa shape index (κ1) is 24.4. The normalized spacial score (nSPS) is 10.7. The zero-order valence-electron chi connectivity index (χ0n) is 19.8. The summed E-state index contributed by atoms with van der Waals surface area (Å²) in [6.45, 7) is 4.64. The highest BCUT2D eigenvalue weighted by Gasteiger charge is 2.19. The molecule has 0 aliphatic heterocycles. The average molecular weight is 486 g/mol. The van der Waals surface area contributed by atoms with Gasteiger partial charge >= 0.3 is 0 Å². The van der Waals surface area contributed by atoms with Gasteiger partial charge in [0, 0.05) is 16.1 Å². The minimum atomic E-state index is -0.270. The second kappa shape index (κ2) is 11.6. The maximum atomic E-state index is 13.4. The first-order valence-corrected chi connectivity index (χ1v) is 12.0. The summed E-state index contributed by atoms with van der Waals surface area (Å²) in [6.07, 6.45) is 0. The van der Waals surface area contributed by atoms with E-state index in [9.17, 15) is 4.79 Å². The first-order valence-electron chi connectivity index (χ1n) is 11.6. The molecule has 0 aliphatic rings. The number of hydrogen-bond acceptors (Lipinski definition) is 3. The van der Waals surface area contributed by atoms with Crippen LogP contribution in [0.15, 0.2) is 97.1 Å². The van der Waals surface area contributed by atoms with Gasteiger partial charge in [-0.05, 0) is 66.9 Å². The lowest BCUT2D eigenvalue weighted by molar-refractivity contribution is 0.0942. The molecule has 0 unspecified atom stereocenters. The van der Waals surface area contributed by atoms with E-state index >= 15 is 0 Å². The van der Waals surface area contributed by atoms with Crippen molar-refractivity contribution in [3.63, 3.8) is 0 Å². The molecule has 0 saturated heterocycles. The van der Waals surface area contributed by atoms with E-state index in [1.54, 1.807) is 6.07 Å². The van der Waals surface area contributed by atoms with E-state index in [0.29, 0.717) is 28.7 Å². The Morgan fingerprint density at radius 2 is 1.51 bits per heavy atom. The summed E-state index contributed by atoms with van der Waals surface area (Å²) < 4.78 is 11.8. The van der Waals surface area contributed by atoms with Crippen LogP contribution in [0, 0.1) is 6.92 Å². The molecule has 0 heterocycles. The number of carbonyl (C=O) groups is 1. The second-order valence-corrected chi connectivity index (χ2v) is 8.59. The smallest absolute Gasteiger partial charge is 0.252 e. The van der Waals surface area contributed by atoms with Crippen LogP contribution in [0.4, 0.5) is 0 Å². The molecule has 0 spiro atoms. The number of hydrogen-bond donors (Lipinski definition) is 1. The van der Waals surface area contributed by atoms with Gasteiger partial charge in [-0.15, -0.1) is 0 Å². The minimum absolute atomic E-state index is 0.172. The van der Waals surface area contributed by atoms with Crippen molar-refractivity contribution in [3.05, 3.63) is 130 Å². The van der Waals surface area contributed by atoms with Crippen molar-refractivity contribution in [3.8, 4) is 11.5 Å². The molecule has 35 heavy (non-hydrogen) atoms. The van der Waals surface area contributed by atoms with Crippen LogP contribution in [0.1, 0.15) is 45.6 Å². The van der Waals surface area contributed by atoms with Crippen LogP contribution in [0.2, 0.25) is 5.02 Å². The number of amides is 1. The van der Waals surface area contributed by atoms with Gasteiger partial charge in [0.05, 0.1) is 12.6 Å². The Labute approximate surface area is 211 Å². The van der Waals surface area contributed by atoms with Crippen LogP contribution in [-0.4, -0.2) is 12.5 Å². The van der Waals surface area contributed by atoms with E-state index in [4.69, 9.17) is 21.1 Å². The van der Waals surface area contributed by atoms with Crippen LogP contribution in [0.25, 0.3) is 0 Å². The molecular formula is C30H28ClNO3. The summed E-state index contributed by atoms with van der Waals surface area (Å²) in [4.78, 5) is 13.4. The molecule has 4 nitrogen and oxygen atoms in total. The van der Waals surface area contributed by atoms with E-state index in [0.717, 1.165) is 22.3 Å². The molecule has 4 aromatic carbocycles. The number of nitrogens with one attached hydrogen (secondary N) is 1. The fourth-order valence-corrected chi connectivity index (χ4v) is 3.98. The topological polar surface area (TPSA) is 47.6 Å². The molecule has 0 bridgehead atoms. The fraction of sp³-hybridized carbons (Fsp3) is 0.167. The monoisotopic (exact) mass is 485 g/mol. The Balaban J connectivity index is 1.58. The molecule has 4 rings (SSSR count). The molecular weight excluding hydrogens is 458 g/mol. The zero-order chi connectivity index (χ0) is 24.6. The predicted molar refractivity (Wildman–Crippen MR) is 140 cm³/mol. The number of ether oxygens (including phenoxy) is 2. The third kappa shape index (κ3) is 6.23. The molecule has 0 aliphatic carbocycles. The highest BCUT2D eigenvalue weighted by Crippen LogP contribution is 2.27. The van der Waals surface area contributed by atoms with Gasteiger partial charge in [0.15, 0.2) is 0 Å². The van der Waals surface area contributed by atoms with Gasteiger partial charge in [0.25, 0.3) is 5.91 Å². The molecule has 0 radical (unpaired) electrons. The Kier molecular flexibility index (Phi) is 8.07. The van der Waals surface area contributed by atoms with Crippen LogP contribution in [0.3, 0.4) is 0 Å². The highest BCUT2D eigenvalue weighted by atomic mass is 35.5. The Morgan fingerprint density at radius 1 is 0.857 bits per heavy atom. The number of carbonyl (C=O) groups excluding carboxylic acids is 1. The van der Waals surface area contributed by atoms with Gasteiger partial charge in [-0.25, -0.2) is 0 Å². The van der Waals surface area contributed by atoms with Crippen molar-refractivity contribution in [1.29, 1.82) is 0 Å². The quantitative estimate of drug-likeness (QED) is 0.274. The summed E-state index contributed by atoms with van der Waals surface area (Å²) in [5, 5.41) is 3.89. The summed E-state index contributed by atoms with van der Waals surface area (Å²) in [5.74, 6) is 1.23. The first-order chi connectivity index (χ1) is 17.0.